The van der Waals surface area contributed by atoms with Crippen LogP contribution in [0.25, 0.3) is 0 Å². The van der Waals surface area contributed by atoms with Crippen LogP contribution in [0.4, 0.5) is 0 Å². The zero-order valence-corrected chi connectivity index (χ0v) is 6.72. The molecule has 3 heteroatoms. The quantitative estimate of drug-likeness (QED) is 0.319. The average Bonchev–Trinajstić information content (AvgIpc) is 1.99. The van der Waals surface area contributed by atoms with Crippen LogP contribution in [0.3, 0.4) is 0 Å². The normalized spacial score (nSPS) is 13.0. The van der Waals surface area contributed by atoms with Gasteiger partial charge >= 0.3 is 0 Å². The molecule has 0 bridgehead atoms. The molecule has 0 aromatic rings. The molecule has 0 amide bonds. The third-order valence-corrected chi connectivity index (χ3v) is 1.07. The van der Waals surface area contributed by atoms with Crippen LogP contribution < -0.4 is 0 Å². The number of hydrogen-bond acceptors (Lipinski definition) is 2. The van der Waals surface area contributed by atoms with Crippen molar-refractivity contribution in [2.24, 2.45) is 4.99 Å². The second-order valence-corrected chi connectivity index (χ2v) is 1.92. The first-order valence-electron chi connectivity index (χ1n) is 3.08. The van der Waals surface area contributed by atoms with Crippen molar-refractivity contribution in [1.82, 2.24) is 0 Å². The fourth-order valence-electron chi connectivity index (χ4n) is 0.298. The number of nitrogens with zero attached hydrogens (tertiary/aromatic N) is 1. The number of rotatable bonds is 3. The van der Waals surface area contributed by atoms with E-state index in [0.717, 1.165) is 11.4 Å². The van der Waals surface area contributed by atoms with Gasteiger partial charge in [-0.3, -0.25) is 4.99 Å². The van der Waals surface area contributed by atoms with E-state index >= 15 is 0 Å². The van der Waals surface area contributed by atoms with Gasteiger partial charge in [-0.05, 0) is 12.5 Å². The first-order chi connectivity index (χ1) is 4.70. The van der Waals surface area contributed by atoms with Gasteiger partial charge in [0, 0.05) is 0 Å². The molecule has 0 aromatic heterocycles. The number of hydrogen-bond donors (Lipinski definition) is 0. The van der Waals surface area contributed by atoms with Gasteiger partial charge < -0.3 is 4.74 Å². The lowest BCUT2D eigenvalue weighted by molar-refractivity contribution is 0.292. The molecular formula is C7H12BNO. The van der Waals surface area contributed by atoms with Crippen LogP contribution in [-0.4, -0.2) is 20.6 Å². The van der Waals surface area contributed by atoms with E-state index in [1.807, 2.05) is 14.8 Å². The third-order valence-electron chi connectivity index (χ3n) is 1.07. The standard InChI is InChI=1S/C7H12BNO/c1-4-7(8)9-5-6(2)10-3/h4-5H,1,8H2,2-3H3/b6-5+,9-7+. The summed E-state index contributed by atoms with van der Waals surface area (Å²) < 4.78 is 4.86. The smallest absolute Gasteiger partial charge is 0.163 e. The van der Waals surface area contributed by atoms with Gasteiger partial charge in [0.1, 0.15) is 5.76 Å². The molecule has 0 saturated heterocycles. The molecule has 0 aliphatic rings. The lowest BCUT2D eigenvalue weighted by Gasteiger charge is -1.94. The van der Waals surface area contributed by atoms with Gasteiger partial charge in [0.05, 0.1) is 13.3 Å². The van der Waals surface area contributed by atoms with Gasteiger partial charge in [0.15, 0.2) is 7.85 Å². The highest BCUT2D eigenvalue weighted by atomic mass is 16.5. The van der Waals surface area contributed by atoms with E-state index in [0.29, 0.717) is 0 Å². The Labute approximate surface area is 62.7 Å². The summed E-state index contributed by atoms with van der Waals surface area (Å²) in [5, 5.41) is 0. The summed E-state index contributed by atoms with van der Waals surface area (Å²) in [6.45, 7) is 5.41. The average molecular weight is 137 g/mol. The van der Waals surface area contributed by atoms with E-state index in [1.165, 1.54) is 0 Å². The Morgan fingerprint density at radius 1 is 1.70 bits per heavy atom. The summed E-state index contributed by atoms with van der Waals surface area (Å²) in [7, 11) is 3.50. The van der Waals surface area contributed by atoms with E-state index < -0.39 is 0 Å². The number of aliphatic imine (C=N–C) groups is 1. The number of ether oxygens (including phenoxy) is 1. The van der Waals surface area contributed by atoms with Crippen LogP contribution >= 0.6 is 0 Å². The summed E-state index contributed by atoms with van der Waals surface area (Å²) in [5.74, 6) is 0.793. The molecule has 0 unspecified atom stereocenters. The van der Waals surface area contributed by atoms with Crippen molar-refractivity contribution in [2.75, 3.05) is 7.11 Å². The minimum absolute atomic E-state index is 0.793. The zero-order chi connectivity index (χ0) is 7.98. The molecule has 2 nitrogen and oxygen atoms in total. The Balaban J connectivity index is 4.03. The molecule has 0 aliphatic carbocycles. The summed E-state index contributed by atoms with van der Waals surface area (Å²) >= 11 is 0. The highest BCUT2D eigenvalue weighted by molar-refractivity contribution is 6.63. The fourth-order valence-corrected chi connectivity index (χ4v) is 0.298. The first-order valence-corrected chi connectivity index (χ1v) is 3.08. The van der Waals surface area contributed by atoms with Crippen molar-refractivity contribution >= 4 is 13.5 Å². The molecule has 0 aliphatic heterocycles. The molecular weight excluding hydrogens is 125 g/mol. The Kier molecular flexibility index (Phi) is 4.38. The summed E-state index contributed by atoms with van der Waals surface area (Å²) in [4.78, 5) is 4.02. The highest BCUT2D eigenvalue weighted by Crippen LogP contribution is 1.91. The lowest BCUT2D eigenvalue weighted by Crippen LogP contribution is -1.88. The molecule has 0 fully saturated rings. The van der Waals surface area contributed by atoms with E-state index in [1.54, 1.807) is 19.4 Å². The summed E-state index contributed by atoms with van der Waals surface area (Å²) in [6, 6.07) is 0. The molecule has 0 radical (unpaired) electrons. The molecule has 0 atom stereocenters. The van der Waals surface area contributed by atoms with Crippen LogP contribution in [-0.2, 0) is 4.74 Å². The topological polar surface area (TPSA) is 21.6 Å². The SMILES string of the molecule is B/C(C=C)=N/C=C(\C)OC. The van der Waals surface area contributed by atoms with E-state index in [-0.39, 0.29) is 0 Å². The lowest BCUT2D eigenvalue weighted by atomic mass is 10.0. The van der Waals surface area contributed by atoms with Gasteiger partial charge in [-0.2, -0.15) is 0 Å². The molecule has 10 heavy (non-hydrogen) atoms. The Morgan fingerprint density at radius 3 is 2.70 bits per heavy atom. The predicted molar refractivity (Wildman–Crippen MR) is 46.9 cm³/mol. The first kappa shape index (κ1) is 9.01. The maximum Gasteiger partial charge on any atom is 0.163 e. The van der Waals surface area contributed by atoms with Gasteiger partial charge in [-0.15, -0.1) is 0 Å². The molecule has 0 saturated carbocycles. The number of methoxy groups -OCH3 is 1. The van der Waals surface area contributed by atoms with Crippen LogP contribution in [0.5, 0.6) is 0 Å². The van der Waals surface area contributed by atoms with Crippen LogP contribution in [0.2, 0.25) is 0 Å². The van der Waals surface area contributed by atoms with Gasteiger partial charge in [-0.25, -0.2) is 0 Å². The van der Waals surface area contributed by atoms with Gasteiger partial charge in [0.2, 0.25) is 0 Å². The summed E-state index contributed by atoms with van der Waals surface area (Å²) in [5.41, 5.74) is 0.886. The van der Waals surface area contributed by atoms with E-state index in [4.69, 9.17) is 4.74 Å². The molecule has 0 heterocycles. The van der Waals surface area contributed by atoms with Crippen molar-refractivity contribution in [3.05, 3.63) is 24.6 Å². The minimum atomic E-state index is 0.793. The minimum Gasteiger partial charge on any atom is -0.500 e. The predicted octanol–water partition coefficient (Wildman–Crippen LogP) is 0.712. The number of allylic oxidation sites excluding steroid dienone is 2. The Bertz CT molecular complexity index is 172. The molecule has 0 spiro atoms. The van der Waals surface area contributed by atoms with Gasteiger partial charge in [0.25, 0.3) is 0 Å². The monoisotopic (exact) mass is 137 g/mol. The van der Waals surface area contributed by atoms with E-state index in [9.17, 15) is 0 Å². The highest BCUT2D eigenvalue weighted by Gasteiger charge is 1.81. The van der Waals surface area contributed by atoms with E-state index in [2.05, 4.69) is 11.6 Å². The van der Waals surface area contributed by atoms with Crippen LogP contribution in [0.1, 0.15) is 6.92 Å². The van der Waals surface area contributed by atoms with Crippen molar-refractivity contribution < 1.29 is 4.74 Å². The second kappa shape index (κ2) is 4.85. The largest absolute Gasteiger partial charge is 0.500 e. The Morgan fingerprint density at radius 2 is 2.30 bits per heavy atom. The van der Waals surface area contributed by atoms with Crippen molar-refractivity contribution in [3.63, 3.8) is 0 Å². The third kappa shape index (κ3) is 3.95. The maximum atomic E-state index is 4.86. The maximum absolute atomic E-state index is 4.86. The molecule has 0 N–H and O–H groups in total. The Hall–Kier alpha value is -0.985. The van der Waals surface area contributed by atoms with Crippen LogP contribution in [0.15, 0.2) is 29.6 Å². The fraction of sp³-hybridized carbons (Fsp3) is 0.286. The second-order valence-electron chi connectivity index (χ2n) is 1.92. The van der Waals surface area contributed by atoms with Crippen molar-refractivity contribution in [3.8, 4) is 0 Å². The molecule has 54 valence electrons. The molecule has 0 aromatic carbocycles. The van der Waals surface area contributed by atoms with Crippen molar-refractivity contribution in [1.29, 1.82) is 0 Å². The van der Waals surface area contributed by atoms with Gasteiger partial charge in [-0.1, -0.05) is 12.7 Å². The summed E-state index contributed by atoms with van der Waals surface area (Å²) in [6.07, 6.45) is 3.36. The van der Waals surface area contributed by atoms with Crippen molar-refractivity contribution in [2.45, 2.75) is 6.92 Å². The van der Waals surface area contributed by atoms with Crippen LogP contribution in [0, 0.1) is 0 Å². The zero-order valence-electron chi connectivity index (χ0n) is 6.72. The molecule has 0 rings (SSSR count).